The van der Waals surface area contributed by atoms with Crippen molar-refractivity contribution in [1.82, 2.24) is 0 Å². The van der Waals surface area contributed by atoms with E-state index in [0.29, 0.717) is 0 Å². The van der Waals surface area contributed by atoms with Gasteiger partial charge in [-0.25, -0.2) is 0 Å². The Hall–Kier alpha value is -0.340. The van der Waals surface area contributed by atoms with E-state index >= 15 is 0 Å². The fraction of sp³-hybridized carbons (Fsp3) is 0.455. The quantitative estimate of drug-likeness (QED) is 0.752. The molecule has 1 aromatic carbocycles. The van der Waals surface area contributed by atoms with Gasteiger partial charge in [-0.1, -0.05) is 32.9 Å². The number of methoxy groups -OCH3 is 1. The molecule has 0 bridgehead atoms. The van der Waals surface area contributed by atoms with Crippen molar-refractivity contribution in [2.24, 2.45) is 0 Å². The monoisotopic (exact) mass is 230 g/mol. The zero-order valence-electron chi connectivity index (χ0n) is 8.93. The summed E-state index contributed by atoms with van der Waals surface area (Å²) >= 11 is 0. The van der Waals surface area contributed by atoms with Crippen LogP contribution in [0.5, 0.6) is 5.75 Å². The molecule has 0 aliphatic heterocycles. The van der Waals surface area contributed by atoms with E-state index in [0.717, 1.165) is 10.6 Å². The molecule has 14 heavy (non-hydrogen) atoms. The molecule has 0 saturated heterocycles. The average molecular weight is 231 g/mol. The van der Waals surface area contributed by atoms with E-state index in [2.05, 4.69) is 26.8 Å². The Kier molecular flexibility index (Phi) is 3.73. The van der Waals surface area contributed by atoms with Gasteiger partial charge < -0.3 is 4.74 Å². The summed E-state index contributed by atoms with van der Waals surface area (Å²) in [4.78, 5) is 0.974. The van der Waals surface area contributed by atoms with Gasteiger partial charge in [-0.15, -0.1) is 0 Å². The van der Waals surface area contributed by atoms with Crippen LogP contribution in [0.3, 0.4) is 0 Å². The first-order chi connectivity index (χ1) is 6.50. The fourth-order valence-corrected chi connectivity index (χ4v) is 2.14. The fourth-order valence-electron chi connectivity index (χ4n) is 1.38. The molecule has 0 aromatic heterocycles. The lowest BCUT2D eigenvalue weighted by molar-refractivity contribution is 0.388. The molecule has 0 aliphatic rings. The predicted molar refractivity (Wildman–Crippen MR) is 63.4 cm³/mol. The maximum absolute atomic E-state index is 5.77. The zero-order valence-corrected chi connectivity index (χ0v) is 10.5. The van der Waals surface area contributed by atoms with E-state index in [1.807, 2.05) is 12.1 Å². The second kappa shape index (κ2) is 4.45. The minimum Gasteiger partial charge on any atom is -0.495 e. The summed E-state index contributed by atoms with van der Waals surface area (Å²) < 4.78 is 5.39. The van der Waals surface area contributed by atoms with E-state index in [1.165, 1.54) is 16.5 Å². The molecule has 1 aromatic rings. The van der Waals surface area contributed by atoms with E-state index in [4.69, 9.17) is 15.4 Å². The predicted octanol–water partition coefficient (Wildman–Crippen LogP) is 4.24. The molecule has 0 heterocycles. The molecule has 0 radical (unpaired) electrons. The summed E-state index contributed by atoms with van der Waals surface area (Å²) in [6.07, 6.45) is 0. The van der Waals surface area contributed by atoms with Crippen molar-refractivity contribution in [1.29, 1.82) is 0 Å². The molecule has 0 fully saturated rings. The maximum Gasteiger partial charge on any atom is 0.137 e. The number of hydrogen-bond acceptors (Lipinski definition) is 2. The highest BCUT2D eigenvalue weighted by Crippen LogP contribution is 2.39. The van der Waals surface area contributed by atoms with E-state index < -0.39 is 0 Å². The first-order valence-electron chi connectivity index (χ1n) is 4.46. The summed E-state index contributed by atoms with van der Waals surface area (Å²) in [7, 11) is 8.65. The molecule has 0 N–H and O–H groups in total. The minimum atomic E-state index is 0.0774. The SMILES string of the molecule is COc1c(SCl)cccc1C(C)(C)C. The summed E-state index contributed by atoms with van der Waals surface area (Å²) in [6, 6.07) is 6.05. The number of benzene rings is 1. The normalized spacial score (nSPS) is 11.5. The van der Waals surface area contributed by atoms with Crippen molar-refractivity contribution < 1.29 is 4.74 Å². The van der Waals surface area contributed by atoms with Gasteiger partial charge in [-0.05, 0) is 33.1 Å². The summed E-state index contributed by atoms with van der Waals surface area (Å²) in [5.74, 6) is 0.889. The Morgan fingerprint density at radius 1 is 1.29 bits per heavy atom. The summed E-state index contributed by atoms with van der Waals surface area (Å²) in [5, 5.41) is 0. The third kappa shape index (κ3) is 2.37. The molecular formula is C11H15ClOS. The van der Waals surface area contributed by atoms with E-state index in [9.17, 15) is 0 Å². The molecule has 0 amide bonds. The van der Waals surface area contributed by atoms with Crippen molar-refractivity contribution >= 4 is 21.7 Å². The Morgan fingerprint density at radius 3 is 2.36 bits per heavy atom. The van der Waals surface area contributed by atoms with Gasteiger partial charge in [0.05, 0.1) is 12.0 Å². The van der Waals surface area contributed by atoms with Gasteiger partial charge in [0.2, 0.25) is 0 Å². The van der Waals surface area contributed by atoms with Crippen LogP contribution in [0.4, 0.5) is 0 Å². The molecule has 0 unspecified atom stereocenters. The van der Waals surface area contributed by atoms with Crippen LogP contribution in [-0.4, -0.2) is 7.11 Å². The Labute approximate surface area is 94.3 Å². The van der Waals surface area contributed by atoms with E-state index in [1.54, 1.807) is 7.11 Å². The molecule has 0 saturated carbocycles. The molecule has 0 atom stereocenters. The third-order valence-corrected chi connectivity index (χ3v) is 3.06. The number of hydrogen-bond donors (Lipinski definition) is 0. The highest BCUT2D eigenvalue weighted by molar-refractivity contribution is 8.21. The van der Waals surface area contributed by atoms with Gasteiger partial charge in [-0.3, -0.25) is 0 Å². The van der Waals surface area contributed by atoms with Crippen LogP contribution in [-0.2, 0) is 5.41 Å². The lowest BCUT2D eigenvalue weighted by Gasteiger charge is -2.23. The summed E-state index contributed by atoms with van der Waals surface area (Å²) in [6.45, 7) is 6.48. The van der Waals surface area contributed by atoms with Crippen LogP contribution in [0.15, 0.2) is 23.1 Å². The van der Waals surface area contributed by atoms with E-state index in [-0.39, 0.29) is 5.41 Å². The highest BCUT2D eigenvalue weighted by atomic mass is 35.7. The molecule has 0 spiro atoms. The van der Waals surface area contributed by atoms with Crippen LogP contribution < -0.4 is 4.74 Å². The molecule has 1 rings (SSSR count). The molecule has 78 valence electrons. The first-order valence-corrected chi connectivity index (χ1v) is 6.11. The number of ether oxygens (including phenoxy) is 1. The second-order valence-electron chi connectivity index (χ2n) is 4.16. The standard InChI is InChI=1S/C11H15ClOS/c1-11(2,3)8-6-5-7-9(14-12)10(8)13-4/h5-7H,1-4H3. The molecular weight excluding hydrogens is 216 g/mol. The van der Waals surface area contributed by atoms with Crippen LogP contribution in [0.1, 0.15) is 26.3 Å². The second-order valence-corrected chi connectivity index (χ2v) is 5.22. The zero-order chi connectivity index (χ0) is 10.8. The van der Waals surface area contributed by atoms with Crippen molar-refractivity contribution in [2.75, 3.05) is 7.11 Å². The third-order valence-electron chi connectivity index (χ3n) is 2.07. The molecule has 0 aliphatic carbocycles. The Morgan fingerprint density at radius 2 is 1.93 bits per heavy atom. The average Bonchev–Trinajstić information content (AvgIpc) is 2.15. The first kappa shape index (κ1) is 11.7. The van der Waals surface area contributed by atoms with Crippen LogP contribution >= 0.6 is 21.7 Å². The largest absolute Gasteiger partial charge is 0.495 e. The van der Waals surface area contributed by atoms with Crippen LogP contribution in [0.2, 0.25) is 0 Å². The van der Waals surface area contributed by atoms with Crippen LogP contribution in [0.25, 0.3) is 0 Å². The van der Waals surface area contributed by atoms with Gasteiger partial charge in [0.25, 0.3) is 0 Å². The van der Waals surface area contributed by atoms with Gasteiger partial charge in [-0.2, -0.15) is 0 Å². The van der Waals surface area contributed by atoms with Gasteiger partial charge in [0.1, 0.15) is 5.75 Å². The van der Waals surface area contributed by atoms with Gasteiger partial charge in [0, 0.05) is 5.56 Å². The number of halogens is 1. The van der Waals surface area contributed by atoms with Crippen molar-refractivity contribution in [3.8, 4) is 5.75 Å². The molecule has 1 nitrogen and oxygen atoms in total. The Balaban J connectivity index is 3.29. The van der Waals surface area contributed by atoms with Crippen molar-refractivity contribution in [3.63, 3.8) is 0 Å². The van der Waals surface area contributed by atoms with Crippen LogP contribution in [0, 0.1) is 0 Å². The lowest BCUT2D eigenvalue weighted by atomic mass is 9.86. The van der Waals surface area contributed by atoms with Gasteiger partial charge >= 0.3 is 0 Å². The highest BCUT2D eigenvalue weighted by Gasteiger charge is 2.20. The van der Waals surface area contributed by atoms with Crippen molar-refractivity contribution in [2.45, 2.75) is 31.1 Å². The number of para-hydroxylation sites is 1. The number of rotatable bonds is 2. The molecule has 3 heteroatoms. The Bertz CT molecular complexity index is 318. The summed E-state index contributed by atoms with van der Waals surface area (Å²) in [5.41, 5.74) is 1.26. The van der Waals surface area contributed by atoms with Crippen molar-refractivity contribution in [3.05, 3.63) is 23.8 Å². The maximum atomic E-state index is 5.77. The van der Waals surface area contributed by atoms with Gasteiger partial charge in [0.15, 0.2) is 0 Å². The minimum absolute atomic E-state index is 0.0774. The topological polar surface area (TPSA) is 9.23 Å². The lowest BCUT2D eigenvalue weighted by Crippen LogP contribution is -2.12. The smallest absolute Gasteiger partial charge is 0.137 e.